The van der Waals surface area contributed by atoms with Gasteiger partial charge in [-0.25, -0.2) is 9.99 Å². The van der Waals surface area contributed by atoms with Crippen LogP contribution in [0.2, 0.25) is 5.02 Å². The largest absolute Gasteiger partial charge is 0.302 e. The second-order valence-corrected chi connectivity index (χ2v) is 3.81. The number of anilines is 1. The van der Waals surface area contributed by atoms with Gasteiger partial charge in [-0.1, -0.05) is 11.6 Å². The second kappa shape index (κ2) is 4.07. The molecule has 1 N–H and O–H groups in total. The number of nitrogens with one attached hydrogen (secondary N) is 1. The molecule has 0 saturated carbocycles. The summed E-state index contributed by atoms with van der Waals surface area (Å²) in [6, 6.07) is 1.79. The number of hydrogen-bond donors (Lipinski definition) is 1. The van der Waals surface area contributed by atoms with E-state index in [-0.39, 0.29) is 0 Å². The standard InChI is InChI=1S/C7H9BrClN3/c1-12(2)11-7-6(9)3-5(8)4-10-7/h3-4H,1-2H3,(H,10,11). The highest BCUT2D eigenvalue weighted by Gasteiger charge is 2.01. The van der Waals surface area contributed by atoms with Crippen molar-refractivity contribution >= 4 is 33.3 Å². The van der Waals surface area contributed by atoms with E-state index in [0.29, 0.717) is 10.8 Å². The van der Waals surface area contributed by atoms with Crippen molar-refractivity contribution < 1.29 is 0 Å². The van der Waals surface area contributed by atoms with Gasteiger partial charge in [0.25, 0.3) is 0 Å². The average molecular weight is 251 g/mol. The number of rotatable bonds is 2. The number of hydrazine groups is 1. The monoisotopic (exact) mass is 249 g/mol. The van der Waals surface area contributed by atoms with E-state index >= 15 is 0 Å². The number of pyridine rings is 1. The Bertz CT molecular complexity index is 277. The summed E-state index contributed by atoms with van der Waals surface area (Å²) >= 11 is 9.17. The Hall–Kier alpha value is -0.320. The van der Waals surface area contributed by atoms with E-state index in [2.05, 4.69) is 26.3 Å². The molecule has 0 bridgehead atoms. The van der Waals surface area contributed by atoms with Gasteiger partial charge in [0.1, 0.15) is 0 Å². The summed E-state index contributed by atoms with van der Waals surface area (Å²) in [5.41, 5.74) is 2.97. The summed E-state index contributed by atoms with van der Waals surface area (Å²) in [5, 5.41) is 2.38. The number of hydrogen-bond acceptors (Lipinski definition) is 3. The number of aromatic nitrogens is 1. The van der Waals surface area contributed by atoms with Gasteiger partial charge in [0.2, 0.25) is 0 Å². The maximum Gasteiger partial charge on any atom is 0.159 e. The summed E-state index contributed by atoms with van der Waals surface area (Å²) in [4.78, 5) is 4.09. The molecule has 66 valence electrons. The molecule has 0 amide bonds. The van der Waals surface area contributed by atoms with Crippen LogP contribution in [0, 0.1) is 0 Å². The van der Waals surface area contributed by atoms with Crippen molar-refractivity contribution in [2.75, 3.05) is 19.5 Å². The molecular weight excluding hydrogens is 241 g/mol. The summed E-state index contributed by atoms with van der Waals surface area (Å²) in [6.07, 6.45) is 1.69. The number of halogens is 2. The van der Waals surface area contributed by atoms with E-state index in [1.54, 1.807) is 17.3 Å². The van der Waals surface area contributed by atoms with Crippen LogP contribution in [0.5, 0.6) is 0 Å². The SMILES string of the molecule is CN(C)Nc1ncc(Br)cc1Cl. The normalized spacial score (nSPS) is 10.4. The van der Waals surface area contributed by atoms with Crippen LogP contribution in [0.3, 0.4) is 0 Å². The Balaban J connectivity index is 2.86. The summed E-state index contributed by atoms with van der Waals surface area (Å²) < 4.78 is 0.872. The summed E-state index contributed by atoms with van der Waals surface area (Å²) in [7, 11) is 3.75. The van der Waals surface area contributed by atoms with E-state index in [9.17, 15) is 0 Å². The summed E-state index contributed by atoms with van der Waals surface area (Å²) in [6.45, 7) is 0. The van der Waals surface area contributed by atoms with Crippen LogP contribution in [0.15, 0.2) is 16.7 Å². The van der Waals surface area contributed by atoms with Gasteiger partial charge in [0.15, 0.2) is 5.82 Å². The van der Waals surface area contributed by atoms with Gasteiger partial charge in [-0.15, -0.1) is 0 Å². The van der Waals surface area contributed by atoms with Crippen LogP contribution in [0.1, 0.15) is 0 Å². The topological polar surface area (TPSA) is 28.2 Å². The van der Waals surface area contributed by atoms with E-state index in [1.807, 2.05) is 14.1 Å². The molecule has 1 aromatic heterocycles. The predicted molar refractivity (Wildman–Crippen MR) is 54.3 cm³/mol. The maximum absolute atomic E-state index is 5.89. The molecular formula is C7H9BrClN3. The molecule has 0 aromatic carbocycles. The third kappa shape index (κ3) is 2.62. The van der Waals surface area contributed by atoms with Gasteiger partial charge in [-0.05, 0) is 22.0 Å². The Morgan fingerprint density at radius 2 is 2.25 bits per heavy atom. The molecule has 0 aliphatic heterocycles. The van der Waals surface area contributed by atoms with Crippen molar-refractivity contribution in [3.8, 4) is 0 Å². The first-order valence-electron chi connectivity index (χ1n) is 3.34. The molecule has 0 aliphatic carbocycles. The lowest BCUT2D eigenvalue weighted by atomic mass is 10.5. The first-order valence-corrected chi connectivity index (χ1v) is 4.51. The minimum atomic E-state index is 0.595. The molecule has 1 rings (SSSR count). The zero-order valence-corrected chi connectivity index (χ0v) is 9.15. The van der Waals surface area contributed by atoms with Crippen LogP contribution >= 0.6 is 27.5 Å². The van der Waals surface area contributed by atoms with Gasteiger partial charge >= 0.3 is 0 Å². The van der Waals surface area contributed by atoms with Gasteiger partial charge in [0.05, 0.1) is 5.02 Å². The molecule has 0 spiro atoms. The fraction of sp³-hybridized carbons (Fsp3) is 0.286. The van der Waals surface area contributed by atoms with Crippen molar-refractivity contribution in [1.29, 1.82) is 0 Å². The smallest absolute Gasteiger partial charge is 0.159 e. The van der Waals surface area contributed by atoms with E-state index < -0.39 is 0 Å². The fourth-order valence-corrected chi connectivity index (χ4v) is 1.38. The fourth-order valence-electron chi connectivity index (χ4n) is 0.709. The molecule has 0 radical (unpaired) electrons. The van der Waals surface area contributed by atoms with Crippen molar-refractivity contribution in [3.05, 3.63) is 21.8 Å². The van der Waals surface area contributed by atoms with Gasteiger partial charge in [0, 0.05) is 24.8 Å². The van der Waals surface area contributed by atoms with E-state index in [4.69, 9.17) is 11.6 Å². The van der Waals surface area contributed by atoms with Crippen molar-refractivity contribution in [2.45, 2.75) is 0 Å². The quantitative estimate of drug-likeness (QED) is 0.817. The highest BCUT2D eigenvalue weighted by atomic mass is 79.9. The first kappa shape index (κ1) is 9.77. The molecule has 0 unspecified atom stereocenters. The van der Waals surface area contributed by atoms with Crippen LogP contribution in [-0.2, 0) is 0 Å². The Kier molecular flexibility index (Phi) is 3.31. The van der Waals surface area contributed by atoms with Gasteiger partial charge < -0.3 is 5.43 Å². The van der Waals surface area contributed by atoms with Crippen LogP contribution in [-0.4, -0.2) is 24.1 Å². The molecule has 0 saturated heterocycles. The highest BCUT2D eigenvalue weighted by Crippen LogP contribution is 2.22. The molecule has 3 nitrogen and oxygen atoms in total. The molecule has 1 heterocycles. The number of nitrogens with zero attached hydrogens (tertiary/aromatic N) is 2. The van der Waals surface area contributed by atoms with Crippen molar-refractivity contribution in [3.63, 3.8) is 0 Å². The zero-order chi connectivity index (χ0) is 9.14. The lowest BCUT2D eigenvalue weighted by molar-refractivity contribution is 0.492. The van der Waals surface area contributed by atoms with Crippen LogP contribution < -0.4 is 5.43 Å². The Morgan fingerprint density at radius 1 is 1.58 bits per heavy atom. The van der Waals surface area contributed by atoms with E-state index in [0.717, 1.165) is 4.47 Å². The molecule has 1 aromatic rings. The predicted octanol–water partition coefficient (Wildman–Crippen LogP) is 2.39. The second-order valence-electron chi connectivity index (χ2n) is 2.49. The van der Waals surface area contributed by atoms with Crippen LogP contribution in [0.4, 0.5) is 5.82 Å². The molecule has 0 atom stereocenters. The lowest BCUT2D eigenvalue weighted by Gasteiger charge is -2.13. The van der Waals surface area contributed by atoms with E-state index in [1.165, 1.54) is 0 Å². The molecule has 12 heavy (non-hydrogen) atoms. The minimum Gasteiger partial charge on any atom is -0.302 e. The molecule has 0 fully saturated rings. The van der Waals surface area contributed by atoms with Gasteiger partial charge in [-0.2, -0.15) is 0 Å². The third-order valence-corrected chi connectivity index (χ3v) is 1.86. The van der Waals surface area contributed by atoms with Crippen LogP contribution in [0.25, 0.3) is 0 Å². The lowest BCUT2D eigenvalue weighted by Crippen LogP contribution is -2.20. The first-order chi connectivity index (χ1) is 5.59. The van der Waals surface area contributed by atoms with Crippen molar-refractivity contribution in [2.24, 2.45) is 0 Å². The minimum absolute atomic E-state index is 0.595. The maximum atomic E-state index is 5.89. The average Bonchev–Trinajstić information content (AvgIpc) is 1.94. The van der Waals surface area contributed by atoms with Crippen molar-refractivity contribution in [1.82, 2.24) is 9.99 Å². The van der Waals surface area contributed by atoms with Gasteiger partial charge in [-0.3, -0.25) is 0 Å². The summed E-state index contributed by atoms with van der Waals surface area (Å²) in [5.74, 6) is 0.657. The highest BCUT2D eigenvalue weighted by molar-refractivity contribution is 9.10. The molecule has 0 aliphatic rings. The molecule has 5 heteroatoms. The zero-order valence-electron chi connectivity index (χ0n) is 6.81. The Morgan fingerprint density at radius 3 is 2.75 bits per heavy atom. The Labute approximate surface area is 84.8 Å². The third-order valence-electron chi connectivity index (χ3n) is 1.14.